The summed E-state index contributed by atoms with van der Waals surface area (Å²) in [5.74, 6) is -0.554. The molecular weight excluding hydrogens is 230 g/mol. The van der Waals surface area contributed by atoms with Crippen LogP contribution in [0.5, 0.6) is 0 Å². The van der Waals surface area contributed by atoms with Crippen LogP contribution in [0.1, 0.15) is 10.5 Å². The molecule has 0 aliphatic carbocycles. The third-order valence-corrected chi connectivity index (χ3v) is 2.61. The zero-order valence-corrected chi connectivity index (χ0v) is 9.32. The topological polar surface area (TPSA) is 86.7 Å². The number of carbonyl (C=O) groups is 1. The lowest BCUT2D eigenvalue weighted by Crippen LogP contribution is -2.12. The van der Waals surface area contributed by atoms with Crippen LogP contribution in [-0.2, 0) is 0 Å². The van der Waals surface area contributed by atoms with Gasteiger partial charge in [0.05, 0.1) is 17.9 Å². The maximum Gasteiger partial charge on any atom is 0.269 e. The van der Waals surface area contributed by atoms with Gasteiger partial charge in [0, 0.05) is 5.39 Å². The maximum atomic E-state index is 11.4. The number of hydrogen-bond donors (Lipinski definition) is 1. The van der Waals surface area contributed by atoms with E-state index >= 15 is 0 Å². The quantitative estimate of drug-likeness (QED) is 0.720. The van der Waals surface area contributed by atoms with Gasteiger partial charge in [0.1, 0.15) is 12.0 Å². The van der Waals surface area contributed by atoms with Crippen LogP contribution in [0.15, 0.2) is 43.0 Å². The summed E-state index contributed by atoms with van der Waals surface area (Å²) in [6.45, 7) is 0. The second kappa shape index (κ2) is 3.92. The standard InChI is InChI=1S/C12H9N5O/c13-12(18)11-9-3-1-2-4-10(9)17(16-11)8-5-14-7-15-6-8/h1-7H,(H2,13,18). The third kappa shape index (κ3) is 1.51. The van der Waals surface area contributed by atoms with Gasteiger partial charge in [0.25, 0.3) is 5.91 Å². The molecule has 2 heterocycles. The molecule has 0 spiro atoms. The number of fused-ring (bicyclic) bond motifs is 1. The SMILES string of the molecule is NC(=O)c1nn(-c2cncnc2)c2ccccc12. The zero-order chi connectivity index (χ0) is 12.5. The van der Waals surface area contributed by atoms with Gasteiger partial charge in [-0.3, -0.25) is 4.79 Å². The van der Waals surface area contributed by atoms with E-state index in [0.29, 0.717) is 11.1 Å². The molecule has 0 aliphatic heterocycles. The molecule has 0 saturated heterocycles. The van der Waals surface area contributed by atoms with Crippen LogP contribution >= 0.6 is 0 Å². The summed E-state index contributed by atoms with van der Waals surface area (Å²) in [4.78, 5) is 19.2. The van der Waals surface area contributed by atoms with E-state index in [1.807, 2.05) is 24.3 Å². The summed E-state index contributed by atoms with van der Waals surface area (Å²) < 4.78 is 1.61. The molecule has 3 rings (SSSR count). The molecule has 0 aliphatic rings. The minimum Gasteiger partial charge on any atom is -0.364 e. The van der Waals surface area contributed by atoms with Gasteiger partial charge in [-0.15, -0.1) is 0 Å². The van der Waals surface area contributed by atoms with Crippen LogP contribution in [0.2, 0.25) is 0 Å². The minimum atomic E-state index is -0.554. The first kappa shape index (κ1) is 10.4. The number of hydrogen-bond acceptors (Lipinski definition) is 4. The Balaban J connectivity index is 2.34. The van der Waals surface area contributed by atoms with Crippen molar-refractivity contribution in [3.63, 3.8) is 0 Å². The van der Waals surface area contributed by atoms with Crippen molar-refractivity contribution in [3.05, 3.63) is 48.7 Å². The van der Waals surface area contributed by atoms with Crippen LogP contribution in [0.4, 0.5) is 0 Å². The molecule has 2 aromatic heterocycles. The van der Waals surface area contributed by atoms with Gasteiger partial charge >= 0.3 is 0 Å². The highest BCUT2D eigenvalue weighted by atomic mass is 16.1. The normalized spacial score (nSPS) is 10.7. The van der Waals surface area contributed by atoms with Crippen molar-refractivity contribution in [3.8, 4) is 5.69 Å². The van der Waals surface area contributed by atoms with Gasteiger partial charge in [0.15, 0.2) is 5.69 Å². The first-order valence-electron chi connectivity index (χ1n) is 5.30. The van der Waals surface area contributed by atoms with E-state index in [1.54, 1.807) is 17.1 Å². The lowest BCUT2D eigenvalue weighted by Gasteiger charge is -2.00. The van der Waals surface area contributed by atoms with E-state index < -0.39 is 5.91 Å². The predicted octanol–water partition coefficient (Wildman–Crippen LogP) is 0.914. The molecule has 0 saturated carbocycles. The number of carbonyl (C=O) groups excluding carboxylic acids is 1. The summed E-state index contributed by atoms with van der Waals surface area (Å²) in [5.41, 5.74) is 7.04. The third-order valence-electron chi connectivity index (χ3n) is 2.61. The fourth-order valence-corrected chi connectivity index (χ4v) is 1.85. The van der Waals surface area contributed by atoms with Crippen molar-refractivity contribution in [2.75, 3.05) is 0 Å². The van der Waals surface area contributed by atoms with Gasteiger partial charge in [-0.2, -0.15) is 5.10 Å². The van der Waals surface area contributed by atoms with E-state index in [0.717, 1.165) is 5.52 Å². The zero-order valence-electron chi connectivity index (χ0n) is 9.32. The Morgan fingerprint density at radius 1 is 1.17 bits per heavy atom. The fraction of sp³-hybridized carbons (Fsp3) is 0. The molecule has 2 N–H and O–H groups in total. The van der Waals surface area contributed by atoms with Gasteiger partial charge in [-0.05, 0) is 6.07 Å². The predicted molar refractivity (Wildman–Crippen MR) is 65.2 cm³/mol. The molecule has 6 heteroatoms. The minimum absolute atomic E-state index is 0.245. The second-order valence-electron chi connectivity index (χ2n) is 3.74. The molecular formula is C12H9N5O. The van der Waals surface area contributed by atoms with Crippen molar-refractivity contribution in [1.29, 1.82) is 0 Å². The van der Waals surface area contributed by atoms with Crippen LogP contribution in [0.25, 0.3) is 16.6 Å². The Labute approximate surface area is 102 Å². The largest absolute Gasteiger partial charge is 0.364 e. The van der Waals surface area contributed by atoms with E-state index in [9.17, 15) is 4.79 Å². The van der Waals surface area contributed by atoms with Crippen LogP contribution in [0.3, 0.4) is 0 Å². The van der Waals surface area contributed by atoms with Crippen LogP contribution in [-0.4, -0.2) is 25.7 Å². The summed E-state index contributed by atoms with van der Waals surface area (Å²) in [6.07, 6.45) is 4.68. The molecule has 18 heavy (non-hydrogen) atoms. The molecule has 6 nitrogen and oxygen atoms in total. The molecule has 0 unspecified atom stereocenters. The van der Waals surface area contributed by atoms with E-state index in [1.165, 1.54) is 6.33 Å². The number of nitrogens with zero attached hydrogens (tertiary/aromatic N) is 4. The average Bonchev–Trinajstić information content (AvgIpc) is 2.79. The molecule has 0 atom stereocenters. The Bertz CT molecular complexity index is 720. The highest BCUT2D eigenvalue weighted by molar-refractivity contribution is 6.04. The van der Waals surface area contributed by atoms with E-state index in [-0.39, 0.29) is 5.69 Å². The van der Waals surface area contributed by atoms with E-state index in [4.69, 9.17) is 5.73 Å². The summed E-state index contributed by atoms with van der Waals surface area (Å²) >= 11 is 0. The first-order valence-corrected chi connectivity index (χ1v) is 5.30. The molecule has 1 aromatic carbocycles. The maximum absolute atomic E-state index is 11.4. The van der Waals surface area contributed by atoms with Gasteiger partial charge in [-0.1, -0.05) is 18.2 Å². The van der Waals surface area contributed by atoms with Crippen molar-refractivity contribution < 1.29 is 4.79 Å². The Morgan fingerprint density at radius 3 is 2.61 bits per heavy atom. The highest BCUT2D eigenvalue weighted by Crippen LogP contribution is 2.20. The average molecular weight is 239 g/mol. The number of para-hydroxylation sites is 1. The number of rotatable bonds is 2. The van der Waals surface area contributed by atoms with Crippen molar-refractivity contribution >= 4 is 16.8 Å². The second-order valence-corrected chi connectivity index (χ2v) is 3.74. The highest BCUT2D eigenvalue weighted by Gasteiger charge is 2.15. The monoisotopic (exact) mass is 239 g/mol. The molecule has 88 valence electrons. The van der Waals surface area contributed by atoms with E-state index in [2.05, 4.69) is 15.1 Å². The number of amides is 1. The summed E-state index contributed by atoms with van der Waals surface area (Å²) in [6, 6.07) is 7.38. The Kier molecular flexibility index (Phi) is 2.26. The Morgan fingerprint density at radius 2 is 1.89 bits per heavy atom. The lowest BCUT2D eigenvalue weighted by atomic mass is 10.2. The summed E-state index contributed by atoms with van der Waals surface area (Å²) in [5, 5.41) is 4.94. The van der Waals surface area contributed by atoms with Crippen molar-refractivity contribution in [2.45, 2.75) is 0 Å². The number of nitrogens with two attached hydrogens (primary N) is 1. The van der Waals surface area contributed by atoms with Crippen molar-refractivity contribution in [2.24, 2.45) is 5.73 Å². The molecule has 0 radical (unpaired) electrons. The number of primary amides is 1. The van der Waals surface area contributed by atoms with Crippen LogP contribution in [0, 0.1) is 0 Å². The van der Waals surface area contributed by atoms with Crippen LogP contribution < -0.4 is 5.73 Å². The lowest BCUT2D eigenvalue weighted by molar-refractivity contribution is 0.0996. The van der Waals surface area contributed by atoms with Gasteiger partial charge in [0.2, 0.25) is 0 Å². The number of aromatic nitrogens is 4. The molecule has 0 fully saturated rings. The summed E-state index contributed by atoms with van der Waals surface area (Å²) in [7, 11) is 0. The first-order chi connectivity index (χ1) is 8.77. The Hall–Kier alpha value is -2.76. The van der Waals surface area contributed by atoms with Crippen molar-refractivity contribution in [1.82, 2.24) is 19.7 Å². The smallest absolute Gasteiger partial charge is 0.269 e. The molecule has 1 amide bonds. The van der Waals surface area contributed by atoms with Gasteiger partial charge < -0.3 is 5.73 Å². The van der Waals surface area contributed by atoms with Gasteiger partial charge in [-0.25, -0.2) is 14.6 Å². The molecule has 0 bridgehead atoms. The number of benzene rings is 1. The fourth-order valence-electron chi connectivity index (χ4n) is 1.85. The molecule has 3 aromatic rings.